The molecule has 0 radical (unpaired) electrons. The van der Waals surface area contributed by atoms with E-state index in [1.807, 2.05) is 24.3 Å². The van der Waals surface area contributed by atoms with Gasteiger partial charge in [0.15, 0.2) is 0 Å². The van der Waals surface area contributed by atoms with E-state index in [9.17, 15) is 4.79 Å². The van der Waals surface area contributed by atoms with Gasteiger partial charge in [0.2, 0.25) is 5.91 Å². The first-order valence-corrected chi connectivity index (χ1v) is 6.38. The van der Waals surface area contributed by atoms with E-state index < -0.39 is 6.04 Å². The van der Waals surface area contributed by atoms with Crippen LogP contribution in [0.1, 0.15) is 20.3 Å². The van der Waals surface area contributed by atoms with Crippen molar-refractivity contribution >= 4 is 11.6 Å². The molecule has 0 aromatic heterocycles. The number of carbonyl (C=O) groups excluding carboxylic acids is 1. The second kappa shape index (κ2) is 5.40. The molecule has 1 aromatic carbocycles. The molecule has 0 spiro atoms. The van der Waals surface area contributed by atoms with Crippen molar-refractivity contribution in [2.24, 2.45) is 11.7 Å². The number of hydrogen-bond donors (Lipinski definition) is 1. The molecule has 0 saturated carbocycles. The third-order valence-electron chi connectivity index (χ3n) is 3.04. The highest BCUT2D eigenvalue weighted by atomic mass is 16.5. The first-order chi connectivity index (χ1) is 8.59. The Kier molecular flexibility index (Phi) is 3.87. The SMILES string of the molecule is CC(C)C[C@H](N)C(=O)N1CCOc2ccccc21. The largest absolute Gasteiger partial charge is 0.490 e. The monoisotopic (exact) mass is 248 g/mol. The van der Waals surface area contributed by atoms with E-state index in [4.69, 9.17) is 10.5 Å². The van der Waals surface area contributed by atoms with Crippen LogP contribution < -0.4 is 15.4 Å². The lowest BCUT2D eigenvalue weighted by molar-refractivity contribution is -0.120. The molecule has 1 heterocycles. The van der Waals surface area contributed by atoms with Gasteiger partial charge in [-0.15, -0.1) is 0 Å². The summed E-state index contributed by atoms with van der Waals surface area (Å²) in [5, 5.41) is 0. The number of amides is 1. The Morgan fingerprint density at radius 2 is 2.17 bits per heavy atom. The molecular formula is C14H20N2O2. The zero-order valence-corrected chi connectivity index (χ0v) is 10.9. The fourth-order valence-electron chi connectivity index (χ4n) is 2.21. The zero-order valence-electron chi connectivity index (χ0n) is 10.9. The normalized spacial score (nSPS) is 16.1. The molecule has 0 aliphatic carbocycles. The quantitative estimate of drug-likeness (QED) is 0.887. The van der Waals surface area contributed by atoms with Crippen LogP contribution in [0.4, 0.5) is 5.69 Å². The van der Waals surface area contributed by atoms with Crippen LogP contribution in [0.5, 0.6) is 5.75 Å². The summed E-state index contributed by atoms with van der Waals surface area (Å²) < 4.78 is 5.53. The van der Waals surface area contributed by atoms with Crippen LogP contribution in [0.3, 0.4) is 0 Å². The molecule has 0 saturated heterocycles. The maximum Gasteiger partial charge on any atom is 0.244 e. The summed E-state index contributed by atoms with van der Waals surface area (Å²) >= 11 is 0. The van der Waals surface area contributed by atoms with Crippen LogP contribution in [0.25, 0.3) is 0 Å². The van der Waals surface area contributed by atoms with Crippen molar-refractivity contribution in [2.75, 3.05) is 18.1 Å². The lowest BCUT2D eigenvalue weighted by Gasteiger charge is -2.31. The van der Waals surface area contributed by atoms with E-state index in [2.05, 4.69) is 13.8 Å². The number of ether oxygens (including phenoxy) is 1. The molecule has 1 aliphatic rings. The van der Waals surface area contributed by atoms with Crippen molar-refractivity contribution in [3.05, 3.63) is 24.3 Å². The first-order valence-electron chi connectivity index (χ1n) is 6.38. The molecule has 1 aromatic rings. The van der Waals surface area contributed by atoms with E-state index in [0.717, 1.165) is 11.4 Å². The third kappa shape index (κ3) is 2.64. The van der Waals surface area contributed by atoms with Gasteiger partial charge in [-0.1, -0.05) is 26.0 Å². The summed E-state index contributed by atoms with van der Waals surface area (Å²) in [7, 11) is 0. The van der Waals surface area contributed by atoms with Crippen LogP contribution in [0.2, 0.25) is 0 Å². The van der Waals surface area contributed by atoms with Gasteiger partial charge in [-0.25, -0.2) is 0 Å². The second-order valence-electron chi connectivity index (χ2n) is 5.04. The van der Waals surface area contributed by atoms with Gasteiger partial charge in [0.1, 0.15) is 12.4 Å². The molecule has 4 nitrogen and oxygen atoms in total. The predicted molar refractivity (Wildman–Crippen MR) is 71.7 cm³/mol. The smallest absolute Gasteiger partial charge is 0.244 e. The van der Waals surface area contributed by atoms with Crippen LogP contribution in [0.15, 0.2) is 24.3 Å². The number of rotatable bonds is 3. The van der Waals surface area contributed by atoms with Crippen molar-refractivity contribution in [2.45, 2.75) is 26.3 Å². The molecule has 4 heteroatoms. The highest BCUT2D eigenvalue weighted by molar-refractivity contribution is 5.98. The summed E-state index contributed by atoms with van der Waals surface area (Å²) in [5.74, 6) is 1.16. The molecule has 1 amide bonds. The number of nitrogens with two attached hydrogens (primary N) is 1. The number of anilines is 1. The minimum atomic E-state index is -0.434. The highest BCUT2D eigenvalue weighted by Gasteiger charge is 2.27. The Balaban J connectivity index is 2.17. The standard InChI is InChI=1S/C14H20N2O2/c1-10(2)9-11(15)14(17)16-7-8-18-13-6-4-3-5-12(13)16/h3-6,10-11H,7-9,15H2,1-2H3/t11-/m0/s1. The Hall–Kier alpha value is -1.55. The molecular weight excluding hydrogens is 228 g/mol. The Bertz CT molecular complexity index is 432. The number of nitrogens with zero attached hydrogens (tertiary/aromatic N) is 1. The van der Waals surface area contributed by atoms with Crippen molar-refractivity contribution < 1.29 is 9.53 Å². The van der Waals surface area contributed by atoms with Gasteiger partial charge in [0.05, 0.1) is 18.3 Å². The van der Waals surface area contributed by atoms with Crippen molar-refractivity contribution in [1.82, 2.24) is 0 Å². The maximum atomic E-state index is 12.3. The van der Waals surface area contributed by atoms with Gasteiger partial charge in [0, 0.05) is 0 Å². The Morgan fingerprint density at radius 1 is 1.44 bits per heavy atom. The maximum absolute atomic E-state index is 12.3. The third-order valence-corrected chi connectivity index (χ3v) is 3.04. The number of para-hydroxylation sites is 2. The molecule has 2 rings (SSSR count). The second-order valence-corrected chi connectivity index (χ2v) is 5.04. The van der Waals surface area contributed by atoms with E-state index >= 15 is 0 Å². The van der Waals surface area contributed by atoms with Crippen LogP contribution in [-0.2, 0) is 4.79 Å². The Morgan fingerprint density at radius 3 is 2.89 bits per heavy atom. The fraction of sp³-hybridized carbons (Fsp3) is 0.500. The van der Waals surface area contributed by atoms with Gasteiger partial charge in [0.25, 0.3) is 0 Å². The number of hydrogen-bond acceptors (Lipinski definition) is 3. The van der Waals surface area contributed by atoms with E-state index in [1.165, 1.54) is 0 Å². The average molecular weight is 248 g/mol. The van der Waals surface area contributed by atoms with Crippen molar-refractivity contribution in [3.8, 4) is 5.75 Å². The minimum absolute atomic E-state index is 0.0144. The molecule has 18 heavy (non-hydrogen) atoms. The Labute approximate surface area is 108 Å². The summed E-state index contributed by atoms with van der Waals surface area (Å²) in [6.45, 7) is 5.24. The zero-order chi connectivity index (χ0) is 13.1. The van der Waals surface area contributed by atoms with E-state index in [1.54, 1.807) is 4.90 Å². The lowest BCUT2D eigenvalue weighted by atomic mass is 10.0. The molecule has 0 bridgehead atoms. The predicted octanol–water partition coefficient (Wildman–Crippen LogP) is 1.79. The van der Waals surface area contributed by atoms with Gasteiger partial charge in [-0.2, -0.15) is 0 Å². The molecule has 1 atom stereocenters. The summed E-state index contributed by atoms with van der Waals surface area (Å²) in [5.41, 5.74) is 6.80. The van der Waals surface area contributed by atoms with Gasteiger partial charge >= 0.3 is 0 Å². The van der Waals surface area contributed by atoms with Crippen molar-refractivity contribution in [3.63, 3.8) is 0 Å². The minimum Gasteiger partial charge on any atom is -0.490 e. The molecule has 1 aliphatic heterocycles. The average Bonchev–Trinajstić information content (AvgIpc) is 2.36. The van der Waals surface area contributed by atoms with Crippen LogP contribution in [0, 0.1) is 5.92 Å². The topological polar surface area (TPSA) is 55.6 Å². The van der Waals surface area contributed by atoms with Crippen molar-refractivity contribution in [1.29, 1.82) is 0 Å². The molecule has 0 fully saturated rings. The summed E-state index contributed by atoms with van der Waals surface area (Å²) in [6, 6.07) is 7.15. The fourth-order valence-corrected chi connectivity index (χ4v) is 2.21. The molecule has 2 N–H and O–H groups in total. The summed E-state index contributed by atoms with van der Waals surface area (Å²) in [6.07, 6.45) is 0.707. The number of benzene rings is 1. The van der Waals surface area contributed by atoms with Crippen LogP contribution >= 0.6 is 0 Å². The lowest BCUT2D eigenvalue weighted by Crippen LogP contribution is -2.47. The van der Waals surface area contributed by atoms with Crippen LogP contribution in [-0.4, -0.2) is 25.1 Å². The van der Waals surface area contributed by atoms with Gasteiger partial charge < -0.3 is 15.4 Å². The number of carbonyl (C=O) groups is 1. The highest BCUT2D eigenvalue weighted by Crippen LogP contribution is 2.31. The van der Waals surface area contributed by atoms with Gasteiger partial charge in [-0.05, 0) is 24.5 Å². The van der Waals surface area contributed by atoms with E-state index in [-0.39, 0.29) is 5.91 Å². The first kappa shape index (κ1) is 12.9. The summed E-state index contributed by atoms with van der Waals surface area (Å²) in [4.78, 5) is 14.1. The van der Waals surface area contributed by atoms with Gasteiger partial charge in [-0.3, -0.25) is 4.79 Å². The number of fused-ring (bicyclic) bond motifs is 1. The molecule has 0 unspecified atom stereocenters. The van der Waals surface area contributed by atoms with E-state index in [0.29, 0.717) is 25.5 Å². The molecule has 98 valence electrons.